The first kappa shape index (κ1) is 25.5. The Balaban J connectivity index is 1.36. The molecule has 2 aromatic carbocycles. The highest BCUT2D eigenvalue weighted by molar-refractivity contribution is 5.94. The van der Waals surface area contributed by atoms with Crippen molar-refractivity contribution in [2.24, 2.45) is 0 Å². The van der Waals surface area contributed by atoms with E-state index in [-0.39, 0.29) is 17.4 Å². The van der Waals surface area contributed by atoms with Gasteiger partial charge in [-0.05, 0) is 48.7 Å². The lowest BCUT2D eigenvalue weighted by molar-refractivity contribution is -0.152. The van der Waals surface area contributed by atoms with Crippen molar-refractivity contribution in [2.45, 2.75) is 48.2 Å². The minimum absolute atomic E-state index is 0.0123. The summed E-state index contributed by atoms with van der Waals surface area (Å²) in [7, 11) is 1.58. The normalized spacial score (nSPS) is 30.0. The minimum Gasteiger partial charge on any atom is -0.504 e. The van der Waals surface area contributed by atoms with Crippen LogP contribution in [0.25, 0.3) is 0 Å². The van der Waals surface area contributed by atoms with E-state index < -0.39 is 40.8 Å². The fourth-order valence-electron chi connectivity index (χ4n) is 6.98. The number of nitrogens with zero attached hydrogens (tertiary/aromatic N) is 2. The number of benzene rings is 2. The number of amides is 1. The Kier molecular flexibility index (Phi) is 5.65. The van der Waals surface area contributed by atoms with Gasteiger partial charge in [0.2, 0.25) is 0 Å². The first-order valence-corrected chi connectivity index (χ1v) is 12.8. The number of carbonyl (C=O) groups excluding carboxylic acids is 1. The zero-order valence-electron chi connectivity index (χ0n) is 21.2. The van der Waals surface area contributed by atoms with Crippen LogP contribution in [-0.4, -0.2) is 69.8 Å². The van der Waals surface area contributed by atoms with Crippen molar-refractivity contribution in [1.82, 2.24) is 9.80 Å². The molecule has 1 amide bonds. The quantitative estimate of drug-likeness (QED) is 0.465. The fourth-order valence-corrected chi connectivity index (χ4v) is 6.98. The van der Waals surface area contributed by atoms with E-state index in [1.54, 1.807) is 25.3 Å². The summed E-state index contributed by atoms with van der Waals surface area (Å²) in [6, 6.07) is 6.93. The molecule has 6 rings (SSSR count). The van der Waals surface area contributed by atoms with E-state index in [1.165, 1.54) is 17.0 Å². The molecule has 9 heteroatoms. The number of ether oxygens (including phenoxy) is 1. The van der Waals surface area contributed by atoms with Gasteiger partial charge in [-0.3, -0.25) is 9.69 Å². The molecule has 4 aliphatic rings. The first-order valence-electron chi connectivity index (χ1n) is 12.8. The number of likely N-dealkylation sites (tertiary alicyclic amines) is 1. The van der Waals surface area contributed by atoms with Crippen molar-refractivity contribution >= 4 is 5.91 Å². The zero-order valence-corrected chi connectivity index (χ0v) is 21.2. The topological polar surface area (TPSA) is 73.2 Å². The molecule has 5 atom stereocenters. The summed E-state index contributed by atoms with van der Waals surface area (Å²) in [4.78, 5) is 16.8. The number of rotatable bonds is 3. The third-order valence-electron chi connectivity index (χ3n) is 8.78. The van der Waals surface area contributed by atoms with E-state index in [4.69, 9.17) is 4.74 Å². The highest BCUT2D eigenvalue weighted by Gasteiger charge is 2.72. The maximum atomic E-state index is 13.2. The van der Waals surface area contributed by atoms with Crippen LogP contribution in [0.4, 0.5) is 13.2 Å². The van der Waals surface area contributed by atoms with Gasteiger partial charge in [0.15, 0.2) is 11.5 Å². The minimum atomic E-state index is -4.45. The van der Waals surface area contributed by atoms with E-state index in [9.17, 15) is 28.2 Å². The number of carbonyl (C=O) groups is 1. The molecule has 0 unspecified atom stereocenters. The number of hydrogen-bond donors (Lipinski definition) is 2. The molecule has 2 aromatic rings. The standard InChI is InChI=1S/C30H27F3N2O4/c1-3-15-35-16-14-28-25-19-7-10-22(36)26(25)39-27(28)21(12-13-29(28,38)23(35)17-19)34(2)24(37)11-6-18-4-8-20(9-5-18)30(31,32)33/h3-5,7-10,12-13,21,23,27,36,38H,1,14-17H2,2H3/t21-,23-,27+,28+,29-/m1/s1. The van der Waals surface area contributed by atoms with Gasteiger partial charge in [-0.2, -0.15) is 13.2 Å². The lowest BCUT2D eigenvalue weighted by Gasteiger charge is -2.62. The van der Waals surface area contributed by atoms with Gasteiger partial charge in [0, 0.05) is 43.2 Å². The molecule has 0 saturated carbocycles. The Bertz CT molecular complexity index is 1460. The second-order valence-electron chi connectivity index (χ2n) is 10.6. The Labute approximate surface area is 224 Å². The molecule has 39 heavy (non-hydrogen) atoms. The van der Waals surface area contributed by atoms with Crippen molar-refractivity contribution in [2.75, 3.05) is 20.1 Å². The Morgan fingerprint density at radius 3 is 2.72 bits per heavy atom. The third kappa shape index (κ3) is 3.55. The Morgan fingerprint density at radius 1 is 1.28 bits per heavy atom. The van der Waals surface area contributed by atoms with Crippen LogP contribution in [0.2, 0.25) is 0 Å². The van der Waals surface area contributed by atoms with Gasteiger partial charge in [0.25, 0.3) is 5.91 Å². The third-order valence-corrected chi connectivity index (χ3v) is 8.78. The molecule has 1 saturated heterocycles. The number of phenolic OH excluding ortho intramolecular Hbond substituents is 1. The molecule has 6 nitrogen and oxygen atoms in total. The molecule has 202 valence electrons. The zero-order chi connectivity index (χ0) is 27.7. The summed E-state index contributed by atoms with van der Waals surface area (Å²) in [5.74, 6) is 4.96. The summed E-state index contributed by atoms with van der Waals surface area (Å²) in [5, 5.41) is 23.1. The molecule has 2 aliphatic heterocycles. The average molecular weight is 537 g/mol. The SMILES string of the molecule is C=CCN1CC[C@]23c4c5ccc(O)c4O[C@H]2[C@H](N(C)C(=O)C#Cc2ccc(C(F)(F)F)cc2)C=C[C@@]3(O)[C@H]1C5. The van der Waals surface area contributed by atoms with E-state index in [2.05, 4.69) is 23.3 Å². The summed E-state index contributed by atoms with van der Waals surface area (Å²) in [6.45, 7) is 5.16. The number of piperidine rings is 1. The predicted octanol–water partition coefficient (Wildman–Crippen LogP) is 3.41. The Hall–Kier alpha value is -3.74. The molecule has 1 fully saturated rings. The van der Waals surface area contributed by atoms with Gasteiger partial charge in [-0.1, -0.05) is 30.2 Å². The van der Waals surface area contributed by atoms with Gasteiger partial charge in [-0.15, -0.1) is 6.58 Å². The number of aliphatic hydroxyl groups is 1. The first-order chi connectivity index (χ1) is 18.5. The highest BCUT2D eigenvalue weighted by Crippen LogP contribution is 2.64. The molecule has 2 bridgehead atoms. The van der Waals surface area contributed by atoms with Crippen LogP contribution < -0.4 is 4.74 Å². The van der Waals surface area contributed by atoms with Crippen LogP contribution in [0.15, 0.2) is 61.2 Å². The fraction of sp³-hybridized carbons (Fsp3) is 0.367. The van der Waals surface area contributed by atoms with Gasteiger partial charge in [0.1, 0.15) is 11.7 Å². The number of phenols is 1. The summed E-state index contributed by atoms with van der Waals surface area (Å²) in [5.41, 5.74) is -0.889. The lowest BCUT2D eigenvalue weighted by Crippen LogP contribution is -2.76. The monoisotopic (exact) mass is 536 g/mol. The van der Waals surface area contributed by atoms with Crippen LogP contribution in [0.5, 0.6) is 11.5 Å². The number of likely N-dealkylation sites (N-methyl/N-ethyl adjacent to an activating group) is 1. The van der Waals surface area contributed by atoms with Gasteiger partial charge in [-0.25, -0.2) is 0 Å². The van der Waals surface area contributed by atoms with Gasteiger partial charge < -0.3 is 19.8 Å². The number of halogens is 3. The molecule has 2 N–H and O–H groups in total. The number of hydrogen-bond acceptors (Lipinski definition) is 5. The van der Waals surface area contributed by atoms with Crippen molar-refractivity contribution in [1.29, 1.82) is 0 Å². The van der Waals surface area contributed by atoms with E-state index in [1.807, 2.05) is 12.1 Å². The maximum Gasteiger partial charge on any atom is 0.416 e. The molecule has 2 aliphatic carbocycles. The number of aromatic hydroxyl groups is 1. The van der Waals surface area contributed by atoms with Crippen LogP contribution in [0, 0.1) is 11.8 Å². The lowest BCUT2D eigenvalue weighted by atomic mass is 9.50. The second-order valence-corrected chi connectivity index (χ2v) is 10.6. The maximum absolute atomic E-state index is 13.2. The van der Waals surface area contributed by atoms with Gasteiger partial charge >= 0.3 is 6.18 Å². The number of alkyl halides is 3. The van der Waals surface area contributed by atoms with Crippen LogP contribution in [-0.2, 0) is 22.8 Å². The molecule has 0 radical (unpaired) electrons. The summed E-state index contributed by atoms with van der Waals surface area (Å²) < 4.78 is 45.0. The van der Waals surface area contributed by atoms with Crippen molar-refractivity contribution < 1.29 is 32.9 Å². The van der Waals surface area contributed by atoms with Crippen LogP contribution in [0.3, 0.4) is 0 Å². The summed E-state index contributed by atoms with van der Waals surface area (Å²) >= 11 is 0. The predicted molar refractivity (Wildman–Crippen MR) is 137 cm³/mol. The molecule has 2 heterocycles. The van der Waals surface area contributed by atoms with E-state index >= 15 is 0 Å². The average Bonchev–Trinajstić information content (AvgIpc) is 3.25. The molecule has 1 spiro atoms. The van der Waals surface area contributed by atoms with E-state index in [0.717, 1.165) is 23.3 Å². The van der Waals surface area contributed by atoms with Crippen LogP contribution >= 0.6 is 0 Å². The second kappa shape index (κ2) is 8.63. The van der Waals surface area contributed by atoms with Gasteiger partial charge in [0.05, 0.1) is 17.0 Å². The van der Waals surface area contributed by atoms with Crippen LogP contribution in [0.1, 0.15) is 28.7 Å². The molecule has 0 aromatic heterocycles. The highest BCUT2D eigenvalue weighted by atomic mass is 19.4. The Morgan fingerprint density at radius 2 is 2.03 bits per heavy atom. The van der Waals surface area contributed by atoms with Crippen molar-refractivity contribution in [3.05, 3.63) is 83.5 Å². The molecular weight excluding hydrogens is 509 g/mol. The summed E-state index contributed by atoms with van der Waals surface area (Å²) in [6.07, 6.45) is 1.34. The largest absolute Gasteiger partial charge is 0.504 e. The van der Waals surface area contributed by atoms with Crippen molar-refractivity contribution in [3.63, 3.8) is 0 Å². The smallest absolute Gasteiger partial charge is 0.416 e. The molecular formula is C30H27F3N2O4. The van der Waals surface area contributed by atoms with Crippen molar-refractivity contribution in [3.8, 4) is 23.3 Å². The van der Waals surface area contributed by atoms with E-state index in [0.29, 0.717) is 31.7 Å².